The average Bonchev–Trinajstić information content (AvgIpc) is 2.26. The minimum Gasteiger partial charge on any atom is -0.353 e. The van der Waals surface area contributed by atoms with Crippen LogP contribution >= 0.6 is 11.6 Å². The van der Waals surface area contributed by atoms with Crippen LogP contribution in [0.4, 0.5) is 0 Å². The molecular weight excluding hydrogens is 222 g/mol. The minimum absolute atomic E-state index is 0.0806. The van der Waals surface area contributed by atoms with E-state index in [0.717, 1.165) is 19.3 Å². The van der Waals surface area contributed by atoms with E-state index >= 15 is 0 Å². The minimum atomic E-state index is -0.459. The fourth-order valence-electron chi connectivity index (χ4n) is 1.53. The quantitative estimate of drug-likeness (QED) is 0.651. The monoisotopic (exact) mass is 247 g/mol. The van der Waals surface area contributed by atoms with Gasteiger partial charge in [-0.1, -0.05) is 33.1 Å². The van der Waals surface area contributed by atoms with E-state index in [1.165, 1.54) is 12.8 Å². The first-order valence-corrected chi connectivity index (χ1v) is 6.88. The maximum atomic E-state index is 11.9. The van der Waals surface area contributed by atoms with Crippen molar-refractivity contribution in [2.45, 2.75) is 65.8 Å². The van der Waals surface area contributed by atoms with Crippen molar-refractivity contribution in [1.29, 1.82) is 0 Å². The Morgan fingerprint density at radius 2 is 1.88 bits per heavy atom. The predicted octanol–water partition coefficient (Wildman–Crippen LogP) is 3.73. The van der Waals surface area contributed by atoms with Crippen molar-refractivity contribution >= 4 is 17.5 Å². The average molecular weight is 248 g/mol. The number of alkyl halides is 1. The first-order chi connectivity index (χ1) is 7.47. The Balaban J connectivity index is 4.21. The Morgan fingerprint density at radius 1 is 1.25 bits per heavy atom. The van der Waals surface area contributed by atoms with Gasteiger partial charge in [0.1, 0.15) is 0 Å². The maximum absolute atomic E-state index is 11.9. The molecule has 0 aliphatic heterocycles. The summed E-state index contributed by atoms with van der Waals surface area (Å²) >= 11 is 5.79. The number of carbonyl (C=O) groups excluding carboxylic acids is 1. The summed E-state index contributed by atoms with van der Waals surface area (Å²) in [5, 5.41) is 3.12. The molecule has 0 radical (unpaired) electrons. The van der Waals surface area contributed by atoms with Gasteiger partial charge >= 0.3 is 0 Å². The third-order valence-corrected chi connectivity index (χ3v) is 3.50. The summed E-state index contributed by atoms with van der Waals surface area (Å²) in [6.45, 7) is 8.10. The number of hydrogen-bond acceptors (Lipinski definition) is 1. The number of carbonyl (C=O) groups is 1. The molecule has 0 aliphatic carbocycles. The zero-order valence-electron chi connectivity index (χ0n) is 11.1. The smallest absolute Gasteiger partial charge is 0.227 e. The molecule has 0 saturated carbocycles. The van der Waals surface area contributed by atoms with Crippen LogP contribution in [-0.4, -0.2) is 17.8 Å². The van der Waals surface area contributed by atoms with E-state index in [9.17, 15) is 4.79 Å². The second-order valence-corrected chi connectivity index (χ2v) is 5.39. The summed E-state index contributed by atoms with van der Waals surface area (Å²) < 4.78 is 0. The Bertz CT molecular complexity index is 204. The molecule has 1 atom stereocenters. The van der Waals surface area contributed by atoms with Crippen molar-refractivity contribution in [3.8, 4) is 0 Å². The number of amides is 1. The molecule has 1 unspecified atom stereocenters. The molecule has 16 heavy (non-hydrogen) atoms. The Labute approximate surface area is 105 Å². The third kappa shape index (κ3) is 5.74. The number of hydrogen-bond donors (Lipinski definition) is 1. The van der Waals surface area contributed by atoms with E-state index in [4.69, 9.17) is 11.6 Å². The van der Waals surface area contributed by atoms with Crippen LogP contribution in [0, 0.1) is 5.41 Å². The van der Waals surface area contributed by atoms with Gasteiger partial charge in [0.2, 0.25) is 5.91 Å². The maximum Gasteiger partial charge on any atom is 0.227 e. The molecule has 3 heteroatoms. The molecule has 2 nitrogen and oxygen atoms in total. The molecule has 0 aromatic carbocycles. The molecule has 0 bridgehead atoms. The van der Waals surface area contributed by atoms with Gasteiger partial charge in [0, 0.05) is 11.9 Å². The van der Waals surface area contributed by atoms with Gasteiger partial charge in [-0.25, -0.2) is 0 Å². The predicted molar refractivity (Wildman–Crippen MR) is 70.9 cm³/mol. The van der Waals surface area contributed by atoms with Crippen molar-refractivity contribution < 1.29 is 4.79 Å². The lowest BCUT2D eigenvalue weighted by molar-refractivity contribution is -0.129. The molecule has 0 aromatic rings. The van der Waals surface area contributed by atoms with Crippen LogP contribution in [0.2, 0.25) is 0 Å². The highest BCUT2D eigenvalue weighted by molar-refractivity contribution is 6.19. The van der Waals surface area contributed by atoms with Crippen LogP contribution in [0.15, 0.2) is 0 Å². The molecule has 96 valence electrons. The van der Waals surface area contributed by atoms with Crippen molar-refractivity contribution in [2.75, 3.05) is 5.88 Å². The zero-order chi connectivity index (χ0) is 12.6. The van der Waals surface area contributed by atoms with E-state index in [1.807, 2.05) is 13.8 Å². The van der Waals surface area contributed by atoms with E-state index in [0.29, 0.717) is 11.9 Å². The molecule has 0 aromatic heterocycles. The number of rotatable bonds is 8. The molecule has 1 amide bonds. The van der Waals surface area contributed by atoms with Crippen molar-refractivity contribution in [2.24, 2.45) is 5.41 Å². The Kier molecular flexibility index (Phi) is 7.82. The van der Waals surface area contributed by atoms with Crippen molar-refractivity contribution in [3.05, 3.63) is 0 Å². The third-order valence-electron chi connectivity index (χ3n) is 2.83. The van der Waals surface area contributed by atoms with Gasteiger partial charge in [-0.05, 0) is 26.7 Å². The van der Waals surface area contributed by atoms with Gasteiger partial charge in [0.15, 0.2) is 0 Å². The van der Waals surface area contributed by atoms with Gasteiger partial charge in [-0.15, -0.1) is 11.6 Å². The molecular formula is C13H26ClNO. The molecule has 0 heterocycles. The highest BCUT2D eigenvalue weighted by Gasteiger charge is 2.27. The summed E-state index contributed by atoms with van der Waals surface area (Å²) in [5.74, 6) is 0.447. The second-order valence-electron chi connectivity index (χ2n) is 5.12. The van der Waals surface area contributed by atoms with Crippen LogP contribution in [-0.2, 0) is 4.79 Å². The topological polar surface area (TPSA) is 29.1 Å². The number of halogens is 1. The van der Waals surface area contributed by atoms with E-state index in [-0.39, 0.29) is 5.91 Å². The summed E-state index contributed by atoms with van der Waals surface area (Å²) in [6.07, 6.45) is 5.59. The van der Waals surface area contributed by atoms with Gasteiger partial charge < -0.3 is 5.32 Å². The fraction of sp³-hybridized carbons (Fsp3) is 0.923. The van der Waals surface area contributed by atoms with Crippen LogP contribution < -0.4 is 5.32 Å². The molecule has 0 fully saturated rings. The fourth-order valence-corrected chi connectivity index (χ4v) is 1.65. The lowest BCUT2D eigenvalue weighted by atomic mass is 9.94. The molecule has 0 rings (SSSR count). The van der Waals surface area contributed by atoms with Gasteiger partial charge in [0.25, 0.3) is 0 Å². The highest BCUT2D eigenvalue weighted by atomic mass is 35.5. The van der Waals surface area contributed by atoms with Crippen LogP contribution in [0.5, 0.6) is 0 Å². The van der Waals surface area contributed by atoms with E-state index < -0.39 is 5.41 Å². The summed E-state index contributed by atoms with van der Waals surface area (Å²) in [4.78, 5) is 11.9. The SMILES string of the molecule is CCCCC(CCC)NC(=O)C(C)(C)CCl. The molecule has 1 N–H and O–H groups in total. The first-order valence-electron chi connectivity index (χ1n) is 6.34. The number of nitrogens with one attached hydrogen (secondary N) is 1. The summed E-state index contributed by atoms with van der Waals surface area (Å²) in [6, 6.07) is 0.319. The Morgan fingerprint density at radius 3 is 2.31 bits per heavy atom. The van der Waals surface area contributed by atoms with Crippen LogP contribution in [0.25, 0.3) is 0 Å². The lowest BCUT2D eigenvalue weighted by Crippen LogP contribution is -2.43. The normalized spacial score (nSPS) is 13.6. The summed E-state index contributed by atoms with van der Waals surface area (Å²) in [7, 11) is 0. The van der Waals surface area contributed by atoms with E-state index in [1.54, 1.807) is 0 Å². The summed E-state index contributed by atoms with van der Waals surface area (Å²) in [5.41, 5.74) is -0.459. The second kappa shape index (κ2) is 7.94. The largest absolute Gasteiger partial charge is 0.353 e. The van der Waals surface area contributed by atoms with Gasteiger partial charge in [-0.3, -0.25) is 4.79 Å². The van der Waals surface area contributed by atoms with Crippen LogP contribution in [0.1, 0.15) is 59.8 Å². The van der Waals surface area contributed by atoms with Crippen LogP contribution in [0.3, 0.4) is 0 Å². The lowest BCUT2D eigenvalue weighted by Gasteiger charge is -2.25. The van der Waals surface area contributed by atoms with Crippen molar-refractivity contribution in [1.82, 2.24) is 5.32 Å². The molecule has 0 aliphatic rings. The number of unbranched alkanes of at least 4 members (excludes halogenated alkanes) is 1. The standard InChI is InChI=1S/C13H26ClNO/c1-5-7-9-11(8-6-2)15-12(16)13(3,4)10-14/h11H,5-10H2,1-4H3,(H,15,16). The molecule has 0 spiro atoms. The molecule has 0 saturated heterocycles. The Hall–Kier alpha value is -0.240. The van der Waals surface area contributed by atoms with E-state index in [2.05, 4.69) is 19.2 Å². The zero-order valence-corrected chi connectivity index (χ0v) is 11.9. The van der Waals surface area contributed by atoms with Crippen molar-refractivity contribution in [3.63, 3.8) is 0 Å². The first kappa shape index (κ1) is 15.8. The highest BCUT2D eigenvalue weighted by Crippen LogP contribution is 2.18. The van der Waals surface area contributed by atoms with Gasteiger partial charge in [-0.2, -0.15) is 0 Å². The van der Waals surface area contributed by atoms with Gasteiger partial charge in [0.05, 0.1) is 5.41 Å².